The van der Waals surface area contributed by atoms with Crippen LogP contribution in [0, 0.1) is 19.1 Å². The second-order valence-corrected chi connectivity index (χ2v) is 7.15. The van der Waals surface area contributed by atoms with Crippen LogP contribution in [0.25, 0.3) is 0 Å². The van der Waals surface area contributed by atoms with E-state index in [2.05, 4.69) is 16.9 Å². The molecule has 0 amide bonds. The maximum atomic E-state index is 13.1. The lowest BCUT2D eigenvalue weighted by Crippen LogP contribution is -2.41. The van der Waals surface area contributed by atoms with Gasteiger partial charge in [-0.05, 0) is 45.4 Å². The van der Waals surface area contributed by atoms with Crippen molar-refractivity contribution in [2.45, 2.75) is 44.7 Å². The van der Waals surface area contributed by atoms with Crippen LogP contribution in [0.4, 0.5) is 13.2 Å². The number of alkyl halides is 3. The normalized spacial score (nSPS) is 15.7. The lowest BCUT2D eigenvalue weighted by Gasteiger charge is -2.26. The van der Waals surface area contributed by atoms with Gasteiger partial charge in [0.1, 0.15) is 6.04 Å². The molecule has 1 aromatic rings. The Hall–Kier alpha value is -1.06. The minimum atomic E-state index is -4.53. The molecule has 0 saturated heterocycles. The van der Waals surface area contributed by atoms with Gasteiger partial charge in [0.2, 0.25) is 0 Å². The van der Waals surface area contributed by atoms with Gasteiger partial charge < -0.3 is 0 Å². The van der Waals surface area contributed by atoms with Crippen LogP contribution in [0.15, 0.2) is 12.1 Å². The molecule has 1 aromatic carbocycles. The van der Waals surface area contributed by atoms with E-state index in [1.807, 2.05) is 0 Å². The first kappa shape index (κ1) is 16.0. The molecule has 0 heterocycles. The summed E-state index contributed by atoms with van der Waals surface area (Å²) in [4.78, 5) is 0. The van der Waals surface area contributed by atoms with Crippen LogP contribution in [0.3, 0.4) is 0 Å². The third kappa shape index (κ3) is 4.22. The van der Waals surface area contributed by atoms with Gasteiger partial charge in [-0.2, -0.15) is 13.2 Å². The van der Waals surface area contributed by atoms with Gasteiger partial charge >= 0.3 is 6.18 Å². The van der Waals surface area contributed by atoms with Crippen molar-refractivity contribution < 1.29 is 17.4 Å². The second-order valence-electron chi connectivity index (χ2n) is 5.16. The average Bonchev–Trinajstić information content (AvgIpc) is 2.24. The number of rotatable bonds is 3. The number of nitrogens with one attached hydrogen (secondary N) is 1. The molecular weight excluding hydrogens is 275 g/mol. The van der Waals surface area contributed by atoms with E-state index < -0.39 is 28.0 Å². The SMILES string of the molecule is Cc1c#cccc1[C@H](N[S@](=O)C(C)(C)C)C(F)(F)F. The highest BCUT2D eigenvalue weighted by Gasteiger charge is 2.43. The molecule has 0 bridgehead atoms. The van der Waals surface area contributed by atoms with Crippen LogP contribution < -0.4 is 4.72 Å². The maximum absolute atomic E-state index is 13.1. The molecule has 106 valence electrons. The molecule has 2 nitrogen and oxygen atoms in total. The largest absolute Gasteiger partial charge is 0.408 e. The van der Waals surface area contributed by atoms with Crippen molar-refractivity contribution in [1.29, 1.82) is 0 Å². The van der Waals surface area contributed by atoms with Gasteiger partial charge in [-0.3, -0.25) is 0 Å². The van der Waals surface area contributed by atoms with E-state index in [1.165, 1.54) is 19.1 Å². The zero-order valence-electron chi connectivity index (χ0n) is 11.2. The van der Waals surface area contributed by atoms with Crippen molar-refractivity contribution in [3.05, 3.63) is 35.4 Å². The molecule has 0 aliphatic rings. The lowest BCUT2D eigenvalue weighted by atomic mass is 10.0. The van der Waals surface area contributed by atoms with Crippen molar-refractivity contribution in [2.75, 3.05) is 0 Å². The molecule has 0 saturated carbocycles. The summed E-state index contributed by atoms with van der Waals surface area (Å²) >= 11 is 0. The molecule has 0 aliphatic heterocycles. The Bertz CT molecular complexity index is 466. The fourth-order valence-corrected chi connectivity index (χ4v) is 2.21. The molecule has 0 radical (unpaired) electrons. The lowest BCUT2D eigenvalue weighted by molar-refractivity contribution is -0.152. The molecule has 19 heavy (non-hydrogen) atoms. The number of halogens is 3. The summed E-state index contributed by atoms with van der Waals surface area (Å²) in [7, 11) is -1.82. The van der Waals surface area contributed by atoms with E-state index in [4.69, 9.17) is 0 Å². The second kappa shape index (κ2) is 5.51. The Morgan fingerprint density at radius 1 is 1.32 bits per heavy atom. The molecule has 2 atom stereocenters. The van der Waals surface area contributed by atoms with E-state index in [0.29, 0.717) is 5.56 Å². The maximum Gasteiger partial charge on any atom is 0.408 e. The smallest absolute Gasteiger partial charge is 0.242 e. The van der Waals surface area contributed by atoms with E-state index >= 15 is 0 Å². The predicted molar refractivity (Wildman–Crippen MR) is 68.7 cm³/mol. The summed E-state index contributed by atoms with van der Waals surface area (Å²) in [5, 5.41) is 0. The Morgan fingerprint density at radius 2 is 1.89 bits per heavy atom. The van der Waals surface area contributed by atoms with E-state index in [1.54, 1.807) is 20.8 Å². The first-order valence-corrected chi connectivity index (χ1v) is 6.82. The molecule has 0 spiro atoms. The van der Waals surface area contributed by atoms with Gasteiger partial charge in [-0.1, -0.05) is 12.1 Å². The van der Waals surface area contributed by atoms with E-state index in [0.717, 1.165) is 0 Å². The highest BCUT2D eigenvalue weighted by atomic mass is 32.2. The van der Waals surface area contributed by atoms with Gasteiger partial charge in [-0.25, -0.2) is 8.93 Å². The molecule has 0 aliphatic carbocycles. The summed E-state index contributed by atoms with van der Waals surface area (Å²) in [5.41, 5.74) is 0.354. The summed E-state index contributed by atoms with van der Waals surface area (Å²) < 4.78 is 52.6. The van der Waals surface area contributed by atoms with E-state index in [9.17, 15) is 17.4 Å². The quantitative estimate of drug-likeness (QED) is 0.910. The van der Waals surface area contributed by atoms with Crippen molar-refractivity contribution in [3.63, 3.8) is 0 Å². The Kier molecular flexibility index (Phi) is 4.64. The minimum Gasteiger partial charge on any atom is -0.242 e. The first-order chi connectivity index (χ1) is 8.53. The van der Waals surface area contributed by atoms with Gasteiger partial charge in [0.05, 0.1) is 15.7 Å². The van der Waals surface area contributed by atoms with Gasteiger partial charge in [-0.15, -0.1) is 0 Å². The third-order valence-electron chi connectivity index (χ3n) is 2.46. The van der Waals surface area contributed by atoms with Gasteiger partial charge in [0.15, 0.2) is 0 Å². The van der Waals surface area contributed by atoms with Gasteiger partial charge in [0, 0.05) is 5.56 Å². The van der Waals surface area contributed by atoms with Crippen LogP contribution in [0.2, 0.25) is 0 Å². The Balaban J connectivity index is 3.12. The van der Waals surface area contributed by atoms with Crippen molar-refractivity contribution in [2.24, 2.45) is 0 Å². The fraction of sp³-hybridized carbons (Fsp3) is 0.538. The van der Waals surface area contributed by atoms with Crippen molar-refractivity contribution >= 4 is 11.0 Å². The predicted octanol–water partition coefficient (Wildman–Crippen LogP) is 3.25. The molecule has 6 heteroatoms. The molecule has 1 N–H and O–H groups in total. The van der Waals surface area contributed by atoms with E-state index in [-0.39, 0.29) is 5.56 Å². The van der Waals surface area contributed by atoms with Crippen LogP contribution in [-0.4, -0.2) is 15.1 Å². The average molecular weight is 291 g/mol. The van der Waals surface area contributed by atoms with Crippen molar-refractivity contribution in [3.8, 4) is 0 Å². The standard InChI is InChI=1S/C13H16F3NOS/c1-9-7-5-6-8-10(9)11(13(14,15)16)17-19(18)12(2,3)4/h6,8,11,17H,1-4H3/t11-,19+/m0/s1. The molecular formula is C13H16F3NOS. The zero-order valence-corrected chi connectivity index (χ0v) is 12.0. The summed E-state index contributed by atoms with van der Waals surface area (Å²) in [6.07, 6.45) is -4.53. The van der Waals surface area contributed by atoms with Crippen LogP contribution >= 0.6 is 0 Å². The third-order valence-corrected chi connectivity index (χ3v) is 4.02. The summed E-state index contributed by atoms with van der Waals surface area (Å²) in [6, 6.07) is 5.90. The highest BCUT2D eigenvalue weighted by Crippen LogP contribution is 2.34. The topological polar surface area (TPSA) is 29.1 Å². The summed E-state index contributed by atoms with van der Waals surface area (Å²) in [5.74, 6) is 0. The molecule has 0 unspecified atom stereocenters. The van der Waals surface area contributed by atoms with Gasteiger partial charge in [0.25, 0.3) is 0 Å². The van der Waals surface area contributed by atoms with Crippen LogP contribution in [-0.2, 0) is 11.0 Å². The van der Waals surface area contributed by atoms with Crippen LogP contribution in [0.5, 0.6) is 0 Å². The number of hydrogen-bond donors (Lipinski definition) is 1. The van der Waals surface area contributed by atoms with Crippen molar-refractivity contribution in [1.82, 2.24) is 4.72 Å². The number of hydrogen-bond acceptors (Lipinski definition) is 1. The molecule has 0 fully saturated rings. The highest BCUT2D eigenvalue weighted by molar-refractivity contribution is 7.84. The monoisotopic (exact) mass is 291 g/mol. The fourth-order valence-electron chi connectivity index (χ4n) is 1.38. The Morgan fingerprint density at radius 3 is 2.32 bits per heavy atom. The molecule has 0 aromatic heterocycles. The molecule has 1 rings (SSSR count). The summed E-state index contributed by atoms with van der Waals surface area (Å²) in [6.45, 7) is 6.36. The zero-order chi connectivity index (χ0) is 14.8. The Labute approximate surface area is 114 Å². The van der Waals surface area contributed by atoms with Crippen LogP contribution in [0.1, 0.15) is 37.9 Å². The minimum absolute atomic E-state index is 0.0175. The first-order valence-electron chi connectivity index (χ1n) is 5.67.